The highest BCUT2D eigenvalue weighted by atomic mass is 35.5. The number of amides is 1. The Bertz CT molecular complexity index is 1160. The molecule has 162 valence electrons. The lowest BCUT2D eigenvalue weighted by Crippen LogP contribution is -2.26. The fraction of sp³-hybridized carbons (Fsp3) is 0.273. The summed E-state index contributed by atoms with van der Waals surface area (Å²) in [7, 11) is 1.25. The highest BCUT2D eigenvalue weighted by Crippen LogP contribution is 2.21. The average Bonchev–Trinajstić information content (AvgIpc) is 3.15. The molecule has 0 radical (unpaired) electrons. The normalized spacial score (nSPS) is 11.3. The Morgan fingerprint density at radius 1 is 1.16 bits per heavy atom. The molecule has 2 aromatic carbocycles. The van der Waals surface area contributed by atoms with E-state index < -0.39 is 17.7 Å². The standard InChI is InChI=1S/C22H22ClN3O5/c1-22(2,3)31-21(29)26-12-25-18-14(6-5-7-17(18)26)11-24-19(27)13-8-9-15(16(23)10-13)20(28)30-4/h5-10,12H,11H2,1-4H3,(H,24,27). The fourth-order valence-electron chi connectivity index (χ4n) is 2.91. The monoisotopic (exact) mass is 443 g/mol. The largest absolute Gasteiger partial charge is 0.465 e. The first-order chi connectivity index (χ1) is 14.6. The molecule has 0 fully saturated rings. The molecule has 31 heavy (non-hydrogen) atoms. The van der Waals surface area contributed by atoms with Gasteiger partial charge in [-0.25, -0.2) is 19.1 Å². The molecule has 8 nitrogen and oxygen atoms in total. The molecule has 0 saturated heterocycles. The van der Waals surface area contributed by atoms with Crippen LogP contribution in [-0.4, -0.2) is 40.2 Å². The Morgan fingerprint density at radius 2 is 1.90 bits per heavy atom. The minimum atomic E-state index is -0.635. The van der Waals surface area contributed by atoms with Crippen molar-refractivity contribution in [1.29, 1.82) is 0 Å². The SMILES string of the molecule is COC(=O)c1ccc(C(=O)NCc2cccc3c2ncn3C(=O)OC(C)(C)C)cc1Cl. The van der Waals surface area contributed by atoms with E-state index >= 15 is 0 Å². The molecule has 0 spiro atoms. The van der Waals surface area contributed by atoms with E-state index in [2.05, 4.69) is 15.0 Å². The number of aromatic nitrogens is 2. The second kappa shape index (κ2) is 8.77. The summed E-state index contributed by atoms with van der Waals surface area (Å²) < 4.78 is 11.4. The molecular weight excluding hydrogens is 422 g/mol. The summed E-state index contributed by atoms with van der Waals surface area (Å²) in [4.78, 5) is 40.9. The molecule has 0 aliphatic rings. The quantitative estimate of drug-likeness (QED) is 0.607. The van der Waals surface area contributed by atoms with E-state index in [9.17, 15) is 14.4 Å². The van der Waals surface area contributed by atoms with Crippen molar-refractivity contribution in [3.05, 3.63) is 64.4 Å². The third-order valence-corrected chi connectivity index (χ3v) is 4.64. The number of hydrogen-bond acceptors (Lipinski definition) is 6. The first-order valence-corrected chi connectivity index (χ1v) is 9.83. The minimum absolute atomic E-state index is 0.123. The molecular formula is C22H22ClN3O5. The highest BCUT2D eigenvalue weighted by Gasteiger charge is 2.20. The zero-order valence-corrected chi connectivity index (χ0v) is 18.3. The number of nitrogens with zero attached hydrogens (tertiary/aromatic N) is 2. The number of ether oxygens (including phenoxy) is 2. The van der Waals surface area contributed by atoms with Crippen LogP contribution in [0.2, 0.25) is 5.02 Å². The summed E-state index contributed by atoms with van der Waals surface area (Å²) in [5.74, 6) is -0.953. The van der Waals surface area contributed by atoms with Crippen LogP contribution < -0.4 is 5.32 Å². The number of carbonyl (C=O) groups is 3. The van der Waals surface area contributed by atoms with Gasteiger partial charge in [-0.3, -0.25) is 4.79 Å². The summed E-state index contributed by atoms with van der Waals surface area (Å²) in [6, 6.07) is 9.66. The van der Waals surface area contributed by atoms with Gasteiger partial charge >= 0.3 is 12.1 Å². The van der Waals surface area contributed by atoms with Crippen LogP contribution in [0.3, 0.4) is 0 Å². The third-order valence-electron chi connectivity index (χ3n) is 4.33. The summed E-state index contributed by atoms with van der Waals surface area (Å²) in [5, 5.41) is 2.92. The van der Waals surface area contributed by atoms with Crippen LogP contribution in [0.4, 0.5) is 4.79 Å². The maximum absolute atomic E-state index is 12.5. The molecule has 1 N–H and O–H groups in total. The van der Waals surface area contributed by atoms with Crippen LogP contribution >= 0.6 is 11.6 Å². The third kappa shape index (κ3) is 5.03. The highest BCUT2D eigenvalue weighted by molar-refractivity contribution is 6.34. The Kier molecular flexibility index (Phi) is 6.31. The number of para-hydroxylation sites is 1. The lowest BCUT2D eigenvalue weighted by atomic mass is 10.1. The number of benzene rings is 2. The molecule has 0 bridgehead atoms. The van der Waals surface area contributed by atoms with Crippen molar-refractivity contribution in [2.24, 2.45) is 0 Å². The Balaban J connectivity index is 1.77. The van der Waals surface area contributed by atoms with E-state index in [0.29, 0.717) is 16.6 Å². The minimum Gasteiger partial charge on any atom is -0.465 e. The summed E-state index contributed by atoms with van der Waals surface area (Å²) in [6.07, 6.45) is 0.867. The van der Waals surface area contributed by atoms with Crippen LogP contribution in [-0.2, 0) is 16.0 Å². The van der Waals surface area contributed by atoms with Gasteiger partial charge in [0.2, 0.25) is 0 Å². The molecule has 0 aliphatic heterocycles. The van der Waals surface area contributed by atoms with Crippen molar-refractivity contribution in [1.82, 2.24) is 14.9 Å². The van der Waals surface area contributed by atoms with Crippen LogP contribution in [0.15, 0.2) is 42.7 Å². The average molecular weight is 444 g/mol. The first-order valence-electron chi connectivity index (χ1n) is 9.45. The number of hydrogen-bond donors (Lipinski definition) is 1. The Hall–Kier alpha value is -3.39. The topological polar surface area (TPSA) is 99.5 Å². The van der Waals surface area contributed by atoms with E-state index in [1.807, 2.05) is 6.07 Å². The smallest absolute Gasteiger partial charge is 0.420 e. The van der Waals surface area contributed by atoms with Gasteiger partial charge in [-0.05, 0) is 50.6 Å². The van der Waals surface area contributed by atoms with Gasteiger partial charge in [-0.1, -0.05) is 23.7 Å². The Labute approximate surface area is 184 Å². The van der Waals surface area contributed by atoms with E-state index in [1.165, 1.54) is 36.2 Å². The maximum Gasteiger partial charge on any atom is 0.420 e. The van der Waals surface area contributed by atoms with Gasteiger partial charge in [0, 0.05) is 12.1 Å². The summed E-state index contributed by atoms with van der Waals surface area (Å²) >= 11 is 6.08. The van der Waals surface area contributed by atoms with Gasteiger partial charge in [-0.15, -0.1) is 0 Å². The van der Waals surface area contributed by atoms with Gasteiger partial charge in [-0.2, -0.15) is 0 Å². The van der Waals surface area contributed by atoms with Gasteiger partial charge in [0.1, 0.15) is 11.9 Å². The maximum atomic E-state index is 12.5. The molecule has 1 heterocycles. The van der Waals surface area contributed by atoms with Crippen molar-refractivity contribution in [2.75, 3.05) is 7.11 Å². The molecule has 3 rings (SSSR count). The van der Waals surface area contributed by atoms with Crippen LogP contribution in [0, 0.1) is 0 Å². The lowest BCUT2D eigenvalue weighted by molar-refractivity contribution is 0.0541. The van der Waals surface area contributed by atoms with Crippen molar-refractivity contribution in [3.8, 4) is 0 Å². The zero-order valence-electron chi connectivity index (χ0n) is 17.6. The van der Waals surface area contributed by atoms with E-state index in [0.717, 1.165) is 5.56 Å². The van der Waals surface area contributed by atoms with E-state index in [1.54, 1.807) is 32.9 Å². The number of fused-ring (bicyclic) bond motifs is 1. The predicted octanol–water partition coefficient (Wildman–Crippen LogP) is 4.19. The molecule has 1 amide bonds. The molecule has 0 saturated carbocycles. The van der Waals surface area contributed by atoms with Crippen LogP contribution in [0.25, 0.3) is 11.0 Å². The number of esters is 1. The second-order valence-corrected chi connectivity index (χ2v) is 8.16. The second-order valence-electron chi connectivity index (χ2n) is 7.75. The Morgan fingerprint density at radius 3 is 2.55 bits per heavy atom. The number of nitrogens with one attached hydrogen (secondary N) is 1. The van der Waals surface area contributed by atoms with Crippen LogP contribution in [0.5, 0.6) is 0 Å². The summed E-state index contributed by atoms with van der Waals surface area (Å²) in [6.45, 7) is 5.54. The van der Waals surface area contributed by atoms with Crippen molar-refractivity contribution in [2.45, 2.75) is 32.9 Å². The number of imidazole rings is 1. The van der Waals surface area contributed by atoms with Gasteiger partial charge in [0.05, 0.1) is 28.7 Å². The molecule has 1 aromatic heterocycles. The molecule has 9 heteroatoms. The number of carbonyl (C=O) groups excluding carboxylic acids is 3. The van der Waals surface area contributed by atoms with E-state index in [4.69, 9.17) is 16.3 Å². The number of methoxy groups -OCH3 is 1. The van der Waals surface area contributed by atoms with Crippen molar-refractivity contribution >= 4 is 40.6 Å². The number of rotatable bonds is 4. The van der Waals surface area contributed by atoms with Crippen LogP contribution in [0.1, 0.15) is 47.1 Å². The summed E-state index contributed by atoms with van der Waals surface area (Å²) in [5.41, 5.74) is 1.72. The molecule has 0 unspecified atom stereocenters. The predicted molar refractivity (Wildman–Crippen MR) is 115 cm³/mol. The first kappa shape index (κ1) is 22.3. The van der Waals surface area contributed by atoms with Gasteiger partial charge in [0.25, 0.3) is 5.91 Å². The fourth-order valence-corrected chi connectivity index (χ4v) is 3.17. The molecule has 0 aliphatic carbocycles. The molecule has 0 atom stereocenters. The van der Waals surface area contributed by atoms with Gasteiger partial charge in [0.15, 0.2) is 0 Å². The molecule has 3 aromatic rings. The lowest BCUT2D eigenvalue weighted by Gasteiger charge is -2.19. The van der Waals surface area contributed by atoms with Crippen molar-refractivity contribution < 1.29 is 23.9 Å². The van der Waals surface area contributed by atoms with E-state index in [-0.39, 0.29) is 23.0 Å². The van der Waals surface area contributed by atoms with Gasteiger partial charge < -0.3 is 14.8 Å². The number of halogens is 1. The van der Waals surface area contributed by atoms with Crippen molar-refractivity contribution in [3.63, 3.8) is 0 Å². The zero-order chi connectivity index (χ0) is 22.8.